The number of halogens is 3. The lowest BCUT2D eigenvalue weighted by molar-refractivity contribution is -0.274. The Labute approximate surface area is 178 Å². The van der Waals surface area contributed by atoms with E-state index in [-0.39, 0.29) is 23.0 Å². The zero-order valence-electron chi connectivity index (χ0n) is 16.5. The number of hydrogen-bond donors (Lipinski definition) is 1. The van der Waals surface area contributed by atoms with E-state index in [0.717, 1.165) is 23.4 Å². The van der Waals surface area contributed by atoms with Crippen LogP contribution in [-0.4, -0.2) is 37.4 Å². The number of carbonyl (C=O) groups is 1. The molecule has 0 aliphatic heterocycles. The van der Waals surface area contributed by atoms with E-state index in [0.29, 0.717) is 17.8 Å². The lowest BCUT2D eigenvalue weighted by Crippen LogP contribution is -2.16. The normalized spacial score (nSPS) is 11.5. The summed E-state index contributed by atoms with van der Waals surface area (Å²) in [4.78, 5) is 15.4. The predicted molar refractivity (Wildman–Crippen MR) is 105 cm³/mol. The maximum Gasteiger partial charge on any atom is 0.573 e. The van der Waals surface area contributed by atoms with Crippen LogP contribution in [0, 0.1) is 6.92 Å². The van der Waals surface area contributed by atoms with Crippen LogP contribution in [0.2, 0.25) is 0 Å². The Morgan fingerprint density at radius 1 is 1.16 bits per heavy atom. The molecule has 4 rings (SSSR count). The molecule has 32 heavy (non-hydrogen) atoms. The van der Waals surface area contributed by atoms with E-state index < -0.39 is 12.3 Å². The van der Waals surface area contributed by atoms with Crippen LogP contribution in [0.4, 0.5) is 13.2 Å². The maximum absolute atomic E-state index is 12.3. The first kappa shape index (κ1) is 21.1. The van der Waals surface area contributed by atoms with Crippen molar-refractivity contribution in [3.8, 4) is 28.7 Å². The Bertz CT molecular complexity index is 1260. The van der Waals surface area contributed by atoms with Crippen LogP contribution in [0.3, 0.4) is 0 Å². The molecule has 0 aliphatic rings. The largest absolute Gasteiger partial charge is 0.573 e. The highest BCUT2D eigenvalue weighted by atomic mass is 19.4. The summed E-state index contributed by atoms with van der Waals surface area (Å²) in [5, 5.41) is 17.4. The average molecular weight is 444 g/mol. The third-order valence-electron chi connectivity index (χ3n) is 4.48. The summed E-state index contributed by atoms with van der Waals surface area (Å²) in [6, 6.07) is 13.3. The summed E-state index contributed by atoms with van der Waals surface area (Å²) >= 11 is 0. The van der Waals surface area contributed by atoms with Crippen molar-refractivity contribution in [2.45, 2.75) is 19.8 Å². The molecule has 0 bridgehead atoms. The molecule has 0 radical (unpaired) electrons. The Balaban J connectivity index is 1.52. The minimum absolute atomic E-state index is 0.136. The van der Waals surface area contributed by atoms with Crippen LogP contribution < -0.4 is 4.74 Å². The number of rotatable bonds is 6. The first-order valence-electron chi connectivity index (χ1n) is 9.25. The van der Waals surface area contributed by atoms with E-state index in [1.165, 1.54) is 18.2 Å². The van der Waals surface area contributed by atoms with Gasteiger partial charge in [0.25, 0.3) is 5.89 Å². The van der Waals surface area contributed by atoms with Crippen LogP contribution >= 0.6 is 0 Å². The molecule has 0 spiro atoms. The van der Waals surface area contributed by atoms with Gasteiger partial charge < -0.3 is 14.4 Å². The topological polar surface area (TPSA) is 103 Å². The molecule has 2 aromatic heterocycles. The van der Waals surface area contributed by atoms with Gasteiger partial charge in [0, 0.05) is 11.3 Å². The second-order valence-electron chi connectivity index (χ2n) is 6.83. The van der Waals surface area contributed by atoms with Crippen molar-refractivity contribution in [2.24, 2.45) is 0 Å². The lowest BCUT2D eigenvalue weighted by Gasteiger charge is -2.08. The summed E-state index contributed by atoms with van der Waals surface area (Å²) in [6.07, 6.45) is -4.77. The molecular weight excluding hydrogens is 429 g/mol. The molecule has 2 heterocycles. The van der Waals surface area contributed by atoms with Crippen LogP contribution in [0.25, 0.3) is 23.0 Å². The van der Waals surface area contributed by atoms with Crippen molar-refractivity contribution in [3.63, 3.8) is 0 Å². The fourth-order valence-electron chi connectivity index (χ4n) is 3.00. The van der Waals surface area contributed by atoms with E-state index in [9.17, 15) is 18.0 Å². The smallest absolute Gasteiger partial charge is 0.478 e. The number of carboxylic acid groups (broad SMARTS) is 1. The van der Waals surface area contributed by atoms with Gasteiger partial charge in [0.1, 0.15) is 5.75 Å². The van der Waals surface area contributed by atoms with Crippen LogP contribution in [0.15, 0.2) is 59.1 Å². The van der Waals surface area contributed by atoms with Gasteiger partial charge in [-0.05, 0) is 55.0 Å². The molecule has 0 unspecified atom stereocenters. The van der Waals surface area contributed by atoms with Gasteiger partial charge in [0.05, 0.1) is 12.1 Å². The number of alkyl halides is 3. The first-order valence-corrected chi connectivity index (χ1v) is 9.25. The molecule has 0 saturated heterocycles. The second-order valence-corrected chi connectivity index (χ2v) is 6.83. The van der Waals surface area contributed by atoms with Crippen molar-refractivity contribution in [1.29, 1.82) is 0 Å². The minimum Gasteiger partial charge on any atom is -0.478 e. The Hall–Kier alpha value is -4.15. The molecule has 0 aliphatic carbocycles. The third-order valence-corrected chi connectivity index (χ3v) is 4.48. The second kappa shape index (κ2) is 8.17. The number of benzene rings is 2. The van der Waals surface area contributed by atoms with Gasteiger partial charge in [0.2, 0.25) is 5.82 Å². The summed E-state index contributed by atoms with van der Waals surface area (Å²) in [7, 11) is 0. The van der Waals surface area contributed by atoms with E-state index in [2.05, 4.69) is 20.0 Å². The van der Waals surface area contributed by atoms with Gasteiger partial charge in [0.15, 0.2) is 5.69 Å². The summed E-state index contributed by atoms with van der Waals surface area (Å²) in [5.41, 5.74) is 2.58. The van der Waals surface area contributed by atoms with E-state index in [1.54, 1.807) is 28.9 Å². The van der Waals surface area contributed by atoms with Crippen molar-refractivity contribution in [1.82, 2.24) is 19.9 Å². The van der Waals surface area contributed by atoms with Gasteiger partial charge in [-0.2, -0.15) is 10.1 Å². The number of aromatic carboxylic acids is 1. The summed E-state index contributed by atoms with van der Waals surface area (Å²) in [6.45, 7) is 2.17. The molecule has 8 nitrogen and oxygen atoms in total. The van der Waals surface area contributed by atoms with E-state index >= 15 is 0 Å². The number of aryl methyl sites for hydroxylation is 1. The van der Waals surface area contributed by atoms with Gasteiger partial charge in [-0.1, -0.05) is 17.3 Å². The quantitative estimate of drug-likeness (QED) is 0.465. The Kier molecular flexibility index (Phi) is 5.39. The molecule has 0 fully saturated rings. The molecule has 11 heteroatoms. The number of nitrogens with zero attached hydrogens (tertiary/aromatic N) is 4. The summed E-state index contributed by atoms with van der Waals surface area (Å²) in [5.74, 6) is -1.05. The average Bonchev–Trinajstić information content (AvgIpc) is 3.35. The van der Waals surface area contributed by atoms with Crippen molar-refractivity contribution < 1.29 is 32.3 Å². The summed E-state index contributed by atoms with van der Waals surface area (Å²) < 4.78 is 47.6. The molecule has 1 N–H and O–H groups in total. The van der Waals surface area contributed by atoms with Crippen LogP contribution in [0.5, 0.6) is 5.75 Å². The monoisotopic (exact) mass is 444 g/mol. The highest BCUT2D eigenvalue weighted by Crippen LogP contribution is 2.27. The third kappa shape index (κ3) is 4.77. The number of ether oxygens (including phenoxy) is 1. The van der Waals surface area contributed by atoms with Crippen LogP contribution in [-0.2, 0) is 6.54 Å². The van der Waals surface area contributed by atoms with Crippen LogP contribution in [0.1, 0.15) is 21.6 Å². The van der Waals surface area contributed by atoms with E-state index in [1.807, 2.05) is 6.92 Å². The van der Waals surface area contributed by atoms with Gasteiger partial charge in [-0.15, -0.1) is 13.2 Å². The number of hydrogen-bond acceptors (Lipinski definition) is 6. The first-order chi connectivity index (χ1) is 15.2. The fourth-order valence-corrected chi connectivity index (χ4v) is 3.00. The fraction of sp³-hybridized carbons (Fsp3) is 0.143. The highest BCUT2D eigenvalue weighted by molar-refractivity contribution is 5.87. The lowest BCUT2D eigenvalue weighted by atomic mass is 10.1. The zero-order valence-corrected chi connectivity index (χ0v) is 16.5. The van der Waals surface area contributed by atoms with E-state index in [4.69, 9.17) is 9.63 Å². The molecule has 0 atom stereocenters. The SMILES string of the molecule is Cc1cc(-c2nc(-c3ccc(OC(F)(F)F)cc3)no2)nn1Cc1cccc(C(=O)O)c1. The minimum atomic E-state index is -4.77. The van der Waals surface area contributed by atoms with Crippen molar-refractivity contribution in [2.75, 3.05) is 0 Å². The Morgan fingerprint density at radius 3 is 2.59 bits per heavy atom. The molecule has 164 valence electrons. The van der Waals surface area contributed by atoms with Gasteiger partial charge in [-0.25, -0.2) is 4.79 Å². The highest BCUT2D eigenvalue weighted by Gasteiger charge is 2.31. The molecule has 0 saturated carbocycles. The maximum atomic E-state index is 12.3. The van der Waals surface area contributed by atoms with Gasteiger partial charge in [-0.3, -0.25) is 4.68 Å². The number of aromatic nitrogens is 4. The number of carboxylic acids is 1. The van der Waals surface area contributed by atoms with Crippen molar-refractivity contribution in [3.05, 3.63) is 71.4 Å². The van der Waals surface area contributed by atoms with Gasteiger partial charge >= 0.3 is 12.3 Å². The predicted octanol–water partition coefficient (Wildman–Crippen LogP) is 4.55. The molecule has 2 aromatic carbocycles. The van der Waals surface area contributed by atoms with Crippen molar-refractivity contribution >= 4 is 5.97 Å². The molecular formula is C21H15F3N4O4. The molecule has 4 aromatic rings. The zero-order chi connectivity index (χ0) is 22.9. The Morgan fingerprint density at radius 2 is 1.91 bits per heavy atom. The standard InChI is InChI=1S/C21H15F3N4O4/c1-12-9-17(26-28(12)11-13-3-2-4-15(10-13)20(29)30)19-25-18(27-32-19)14-5-7-16(8-6-14)31-21(22,23)24/h2-10H,11H2,1H3,(H,29,30). The molecule has 0 amide bonds.